The molecule has 166 valence electrons. The number of hydrogen-bond donors (Lipinski definition) is 1. The van der Waals surface area contributed by atoms with Crippen molar-refractivity contribution in [3.8, 4) is 23.3 Å². The number of methoxy groups -OCH3 is 2. The van der Waals surface area contributed by atoms with Crippen LogP contribution in [-0.4, -0.2) is 26.1 Å². The summed E-state index contributed by atoms with van der Waals surface area (Å²) in [5.74, 6) is -0.729. The van der Waals surface area contributed by atoms with Gasteiger partial charge in [0.05, 0.1) is 19.8 Å². The lowest BCUT2D eigenvalue weighted by Crippen LogP contribution is -2.13. The summed E-state index contributed by atoms with van der Waals surface area (Å²) in [5.41, 5.74) is 0.873. The van der Waals surface area contributed by atoms with Crippen LogP contribution in [0.4, 0.5) is 10.1 Å². The van der Waals surface area contributed by atoms with Gasteiger partial charge in [0.15, 0.2) is 11.5 Å². The third-order valence-corrected chi connectivity index (χ3v) is 4.49. The van der Waals surface area contributed by atoms with Gasteiger partial charge in [-0.1, -0.05) is 6.07 Å². The molecule has 3 rings (SSSR count). The Morgan fingerprint density at radius 3 is 2.24 bits per heavy atom. The van der Waals surface area contributed by atoms with Gasteiger partial charge in [-0.05, 0) is 72.3 Å². The highest BCUT2D eigenvalue weighted by Crippen LogP contribution is 2.30. The molecule has 3 aromatic carbocycles. The first-order valence-corrected chi connectivity index (χ1v) is 9.66. The van der Waals surface area contributed by atoms with E-state index >= 15 is 0 Å². The number of rotatable bonds is 7. The van der Waals surface area contributed by atoms with Crippen molar-refractivity contribution in [2.45, 2.75) is 0 Å². The first-order chi connectivity index (χ1) is 15.9. The molecule has 0 aromatic heterocycles. The number of carbonyl (C=O) groups excluding carboxylic acids is 2. The molecular weight excluding hydrogens is 427 g/mol. The van der Waals surface area contributed by atoms with Gasteiger partial charge in [0.25, 0.3) is 5.91 Å². The number of halogens is 1. The zero-order valence-corrected chi connectivity index (χ0v) is 17.8. The Labute approximate surface area is 189 Å². The van der Waals surface area contributed by atoms with Crippen LogP contribution in [-0.2, 0) is 4.79 Å². The number of nitriles is 1. The minimum absolute atomic E-state index is 0.114. The van der Waals surface area contributed by atoms with Gasteiger partial charge in [-0.25, -0.2) is 9.18 Å². The van der Waals surface area contributed by atoms with Crippen LogP contribution in [0.3, 0.4) is 0 Å². The fourth-order valence-corrected chi connectivity index (χ4v) is 2.80. The molecule has 0 aliphatic carbocycles. The van der Waals surface area contributed by atoms with Crippen LogP contribution in [0.15, 0.2) is 72.3 Å². The van der Waals surface area contributed by atoms with Crippen molar-refractivity contribution in [2.75, 3.05) is 19.5 Å². The third kappa shape index (κ3) is 5.95. The molecule has 33 heavy (non-hydrogen) atoms. The quantitative estimate of drug-likeness (QED) is 0.246. The number of anilines is 1. The zero-order chi connectivity index (χ0) is 23.8. The van der Waals surface area contributed by atoms with Crippen molar-refractivity contribution >= 4 is 23.6 Å². The highest BCUT2D eigenvalue weighted by molar-refractivity contribution is 6.09. The molecule has 0 spiro atoms. The zero-order valence-electron chi connectivity index (χ0n) is 17.8. The Morgan fingerprint density at radius 1 is 0.939 bits per heavy atom. The molecule has 7 nitrogen and oxygen atoms in total. The van der Waals surface area contributed by atoms with Gasteiger partial charge in [0.2, 0.25) is 0 Å². The molecule has 0 atom stereocenters. The van der Waals surface area contributed by atoms with Crippen molar-refractivity contribution < 1.29 is 28.2 Å². The average molecular weight is 446 g/mol. The summed E-state index contributed by atoms with van der Waals surface area (Å²) in [6.07, 6.45) is 1.34. The highest BCUT2D eigenvalue weighted by Gasteiger charge is 2.15. The van der Waals surface area contributed by atoms with Crippen molar-refractivity contribution in [1.29, 1.82) is 5.26 Å². The van der Waals surface area contributed by atoms with Crippen molar-refractivity contribution in [3.05, 3.63) is 89.2 Å². The smallest absolute Gasteiger partial charge is 0.343 e. The number of nitrogens with one attached hydrogen (secondary N) is 1. The second-order valence-electron chi connectivity index (χ2n) is 6.66. The Morgan fingerprint density at radius 2 is 1.64 bits per heavy atom. The lowest BCUT2D eigenvalue weighted by molar-refractivity contribution is -0.112. The summed E-state index contributed by atoms with van der Waals surface area (Å²) in [6, 6.07) is 18.0. The number of amides is 1. The number of esters is 1. The predicted molar refractivity (Wildman–Crippen MR) is 120 cm³/mol. The normalized spacial score (nSPS) is 10.7. The topological polar surface area (TPSA) is 97.7 Å². The second kappa shape index (κ2) is 10.6. The molecule has 0 saturated heterocycles. The maximum absolute atomic E-state index is 13.0. The minimum atomic E-state index is -0.670. The molecule has 1 amide bonds. The molecule has 0 unspecified atom stereocenters. The third-order valence-electron chi connectivity index (χ3n) is 4.49. The predicted octanol–water partition coefficient (Wildman–Crippen LogP) is 4.61. The summed E-state index contributed by atoms with van der Waals surface area (Å²) in [7, 11) is 2.94. The Hall–Kier alpha value is -4.64. The number of hydrogen-bond acceptors (Lipinski definition) is 6. The van der Waals surface area contributed by atoms with E-state index in [9.17, 15) is 19.2 Å². The van der Waals surface area contributed by atoms with E-state index in [1.165, 1.54) is 50.6 Å². The highest BCUT2D eigenvalue weighted by atomic mass is 19.1. The number of carbonyl (C=O) groups is 2. The lowest BCUT2D eigenvalue weighted by Gasteiger charge is -2.11. The van der Waals surface area contributed by atoms with E-state index < -0.39 is 17.7 Å². The van der Waals surface area contributed by atoms with Gasteiger partial charge in [0, 0.05) is 5.69 Å². The molecule has 0 fully saturated rings. The Kier molecular flexibility index (Phi) is 7.39. The Bertz CT molecular complexity index is 1230. The fourth-order valence-electron chi connectivity index (χ4n) is 2.80. The van der Waals surface area contributed by atoms with Crippen LogP contribution < -0.4 is 19.5 Å². The minimum Gasteiger partial charge on any atom is -0.497 e. The van der Waals surface area contributed by atoms with Crippen LogP contribution >= 0.6 is 0 Å². The molecule has 3 aromatic rings. The molecule has 0 heterocycles. The SMILES string of the molecule is COc1ccc(C(=O)Oc2cc(/C=C(\C#N)C(=O)Nc3ccc(F)cc3)ccc2OC)cc1. The molecule has 0 bridgehead atoms. The maximum Gasteiger partial charge on any atom is 0.343 e. The van der Waals surface area contributed by atoms with Crippen molar-refractivity contribution in [2.24, 2.45) is 0 Å². The van der Waals surface area contributed by atoms with Crippen LogP contribution in [0.1, 0.15) is 15.9 Å². The van der Waals surface area contributed by atoms with Gasteiger partial charge in [0.1, 0.15) is 23.2 Å². The standard InChI is InChI=1S/C25H19FN2O5/c1-31-21-10-4-17(5-11-21)25(30)33-23-14-16(3-12-22(23)32-2)13-18(15-27)24(29)28-20-8-6-19(26)7-9-20/h3-14H,1-2H3,(H,28,29)/b18-13+. The van der Waals surface area contributed by atoms with E-state index in [1.54, 1.807) is 36.4 Å². The molecule has 8 heteroatoms. The van der Waals surface area contributed by atoms with Gasteiger partial charge in [-0.2, -0.15) is 5.26 Å². The van der Waals surface area contributed by atoms with E-state index in [4.69, 9.17) is 14.2 Å². The molecule has 0 aliphatic rings. The summed E-state index contributed by atoms with van der Waals surface area (Å²) < 4.78 is 28.8. The summed E-state index contributed by atoms with van der Waals surface area (Å²) >= 11 is 0. The molecular formula is C25H19FN2O5. The molecule has 0 saturated carbocycles. The molecule has 0 aliphatic heterocycles. The summed E-state index contributed by atoms with van der Waals surface area (Å²) in [6.45, 7) is 0. The summed E-state index contributed by atoms with van der Waals surface area (Å²) in [4.78, 5) is 25.0. The number of ether oxygens (including phenoxy) is 3. The van der Waals surface area contributed by atoms with E-state index in [0.717, 1.165) is 0 Å². The monoisotopic (exact) mass is 446 g/mol. The molecule has 0 radical (unpaired) electrons. The largest absolute Gasteiger partial charge is 0.497 e. The van der Waals surface area contributed by atoms with E-state index in [2.05, 4.69) is 5.32 Å². The molecule has 1 N–H and O–H groups in total. The first-order valence-electron chi connectivity index (χ1n) is 9.66. The van der Waals surface area contributed by atoms with Gasteiger partial charge < -0.3 is 19.5 Å². The van der Waals surface area contributed by atoms with Crippen LogP contribution in [0.25, 0.3) is 6.08 Å². The number of benzene rings is 3. The number of nitrogens with zero attached hydrogens (tertiary/aromatic N) is 1. The van der Waals surface area contributed by atoms with Crippen molar-refractivity contribution in [1.82, 2.24) is 0 Å². The lowest BCUT2D eigenvalue weighted by atomic mass is 10.1. The summed E-state index contributed by atoms with van der Waals surface area (Å²) in [5, 5.41) is 12.0. The van der Waals surface area contributed by atoms with Crippen LogP contribution in [0.2, 0.25) is 0 Å². The van der Waals surface area contributed by atoms with Gasteiger partial charge in [-0.15, -0.1) is 0 Å². The second-order valence-corrected chi connectivity index (χ2v) is 6.66. The first kappa shape index (κ1) is 23.0. The van der Waals surface area contributed by atoms with Crippen LogP contribution in [0.5, 0.6) is 17.2 Å². The van der Waals surface area contributed by atoms with Crippen LogP contribution in [0, 0.1) is 17.1 Å². The average Bonchev–Trinajstić information content (AvgIpc) is 2.84. The Balaban J connectivity index is 1.82. The van der Waals surface area contributed by atoms with E-state index in [0.29, 0.717) is 28.3 Å². The maximum atomic E-state index is 13.0. The van der Waals surface area contributed by atoms with Gasteiger partial charge >= 0.3 is 5.97 Å². The van der Waals surface area contributed by atoms with E-state index in [1.807, 2.05) is 6.07 Å². The fraction of sp³-hybridized carbons (Fsp3) is 0.0800. The van der Waals surface area contributed by atoms with Gasteiger partial charge in [-0.3, -0.25) is 4.79 Å². The van der Waals surface area contributed by atoms with E-state index in [-0.39, 0.29) is 11.3 Å². The van der Waals surface area contributed by atoms with Crippen molar-refractivity contribution in [3.63, 3.8) is 0 Å².